The minimum absolute atomic E-state index is 0.211. The highest BCUT2D eigenvalue weighted by Crippen LogP contribution is 2.16. The van der Waals surface area contributed by atoms with E-state index in [2.05, 4.69) is 5.32 Å². The van der Waals surface area contributed by atoms with Crippen molar-refractivity contribution in [3.63, 3.8) is 0 Å². The summed E-state index contributed by atoms with van der Waals surface area (Å²) in [7, 11) is 0. The quantitative estimate of drug-likeness (QED) is 0.231. The molecule has 2 unspecified atom stereocenters. The van der Waals surface area contributed by atoms with E-state index in [9.17, 15) is 27.6 Å². The number of rotatable bonds is 13. The van der Waals surface area contributed by atoms with Crippen molar-refractivity contribution in [2.24, 2.45) is 5.73 Å². The predicted molar refractivity (Wildman–Crippen MR) is 122 cm³/mol. The van der Waals surface area contributed by atoms with Gasteiger partial charge in [0.15, 0.2) is 0 Å². The van der Waals surface area contributed by atoms with Gasteiger partial charge in [0.05, 0.1) is 6.04 Å². The number of amides is 1. The summed E-state index contributed by atoms with van der Waals surface area (Å²) in [5.74, 6) is -4.90. The van der Waals surface area contributed by atoms with Crippen molar-refractivity contribution in [1.82, 2.24) is 5.32 Å². The summed E-state index contributed by atoms with van der Waals surface area (Å²) < 4.78 is 31.7. The van der Waals surface area contributed by atoms with Crippen molar-refractivity contribution in [3.05, 3.63) is 29.8 Å². The molecule has 2 atom stereocenters. The van der Waals surface area contributed by atoms with Crippen molar-refractivity contribution in [1.29, 1.82) is 0 Å². The number of hydrogen-bond donors (Lipinski definition) is 5. The zero-order chi connectivity index (χ0) is 27.2. The number of carboxylic acids is 3. The van der Waals surface area contributed by atoms with Crippen LogP contribution >= 0.6 is 23.2 Å². The van der Waals surface area contributed by atoms with Gasteiger partial charge in [-0.1, -0.05) is 12.1 Å². The molecule has 198 valence electrons. The largest absolute Gasteiger partial charge is 0.490 e. The molecule has 0 heterocycles. The molecule has 15 heteroatoms. The lowest BCUT2D eigenvalue weighted by Crippen LogP contribution is -2.49. The highest BCUT2D eigenvalue weighted by atomic mass is 35.5. The lowest BCUT2D eigenvalue weighted by Gasteiger charge is -2.23. The normalized spacial score (nSPS) is 12.5. The molecule has 35 heavy (non-hydrogen) atoms. The monoisotopic (exact) mass is 547 g/mol. The summed E-state index contributed by atoms with van der Waals surface area (Å²) in [6, 6.07) is 5.17. The van der Waals surface area contributed by atoms with Crippen molar-refractivity contribution >= 4 is 52.7 Å². The number of halogens is 5. The number of aliphatic carboxylic acids is 3. The topological polar surface area (TPSA) is 170 Å². The first-order valence-electron chi connectivity index (χ1n) is 9.99. The van der Waals surface area contributed by atoms with E-state index in [0.29, 0.717) is 24.8 Å². The Labute approximate surface area is 208 Å². The second-order valence-corrected chi connectivity index (χ2v) is 7.73. The van der Waals surface area contributed by atoms with Gasteiger partial charge in [-0.25, -0.2) is 9.59 Å². The first-order valence-corrected chi connectivity index (χ1v) is 11.1. The molecule has 1 amide bonds. The number of anilines is 1. The maximum Gasteiger partial charge on any atom is 0.490 e. The average molecular weight is 548 g/mol. The number of carbonyl (C=O) groups is 4. The third kappa shape index (κ3) is 13.6. The lowest BCUT2D eigenvalue weighted by atomic mass is 10.0. The Kier molecular flexibility index (Phi) is 14.7. The van der Waals surface area contributed by atoms with E-state index in [1.807, 2.05) is 29.2 Å². The molecule has 0 aliphatic carbocycles. The summed E-state index contributed by atoms with van der Waals surface area (Å²) in [5.41, 5.74) is 7.63. The van der Waals surface area contributed by atoms with E-state index < -0.39 is 42.1 Å². The number of hydrogen-bond acceptors (Lipinski definition) is 6. The zero-order valence-corrected chi connectivity index (χ0v) is 19.8. The van der Waals surface area contributed by atoms with Gasteiger partial charge >= 0.3 is 24.1 Å². The van der Waals surface area contributed by atoms with Gasteiger partial charge in [0, 0.05) is 37.0 Å². The van der Waals surface area contributed by atoms with Gasteiger partial charge < -0.3 is 31.3 Å². The van der Waals surface area contributed by atoms with Crippen LogP contribution < -0.4 is 16.0 Å². The molecular formula is C20H26Cl2F3N3O7. The maximum atomic E-state index is 12.2. The van der Waals surface area contributed by atoms with Crippen molar-refractivity contribution in [2.75, 3.05) is 29.7 Å². The fourth-order valence-electron chi connectivity index (χ4n) is 2.57. The van der Waals surface area contributed by atoms with Gasteiger partial charge in [0.2, 0.25) is 5.91 Å². The molecule has 10 nitrogen and oxygen atoms in total. The van der Waals surface area contributed by atoms with Gasteiger partial charge in [-0.3, -0.25) is 9.59 Å². The van der Waals surface area contributed by atoms with Crippen LogP contribution in [0.2, 0.25) is 0 Å². The van der Waals surface area contributed by atoms with Crippen LogP contribution in [-0.2, 0) is 25.6 Å². The number of carbonyl (C=O) groups excluding carboxylic acids is 1. The Balaban J connectivity index is 0.00000143. The molecular weight excluding hydrogens is 522 g/mol. The Bertz CT molecular complexity index is 836. The first kappa shape index (κ1) is 32.2. The fraction of sp³-hybridized carbons (Fsp3) is 0.500. The third-order valence-corrected chi connectivity index (χ3v) is 4.64. The van der Waals surface area contributed by atoms with Crippen molar-refractivity contribution in [2.45, 2.75) is 37.5 Å². The fourth-order valence-corrected chi connectivity index (χ4v) is 2.98. The molecule has 1 aromatic carbocycles. The van der Waals surface area contributed by atoms with Gasteiger partial charge in [-0.2, -0.15) is 13.2 Å². The summed E-state index contributed by atoms with van der Waals surface area (Å²) in [4.78, 5) is 44.9. The standard InChI is InChI=1S/C18H25Cl2N3O5.C2HF3O2/c19-7-9-23(10-8-20)13-3-1-12(2-4-13)11-14(21)17(26)22-15(18(27)28)5-6-16(24)25;3-2(4,5)1(6)7/h1-4,14-15H,5-11,21H2,(H,22,26)(H,24,25)(H,27,28);(H,6,7). The van der Waals surface area contributed by atoms with Crippen LogP contribution in [0.3, 0.4) is 0 Å². The van der Waals surface area contributed by atoms with Crippen molar-refractivity contribution < 1.29 is 47.7 Å². The predicted octanol–water partition coefficient (Wildman–Crippen LogP) is 1.91. The molecule has 0 bridgehead atoms. The van der Waals surface area contributed by atoms with Crippen LogP contribution in [0.25, 0.3) is 0 Å². The molecule has 0 radical (unpaired) electrons. The van der Waals surface area contributed by atoms with Crippen LogP contribution in [0, 0.1) is 0 Å². The summed E-state index contributed by atoms with van der Waals surface area (Å²) in [6.45, 7) is 1.31. The number of carboxylic acid groups (broad SMARTS) is 3. The molecule has 0 aromatic heterocycles. The Morgan fingerprint density at radius 3 is 1.86 bits per heavy atom. The van der Waals surface area contributed by atoms with E-state index >= 15 is 0 Å². The van der Waals surface area contributed by atoms with Crippen LogP contribution in [-0.4, -0.2) is 82.2 Å². The number of benzene rings is 1. The molecule has 6 N–H and O–H groups in total. The molecule has 0 aliphatic rings. The van der Waals surface area contributed by atoms with Crippen LogP contribution in [0.5, 0.6) is 0 Å². The summed E-state index contributed by atoms with van der Waals surface area (Å²) in [6.07, 6.45) is -5.45. The number of nitrogens with two attached hydrogens (primary N) is 1. The molecule has 0 saturated carbocycles. The summed E-state index contributed by atoms with van der Waals surface area (Å²) in [5, 5.41) is 27.2. The average Bonchev–Trinajstić information content (AvgIpc) is 2.76. The van der Waals surface area contributed by atoms with Gasteiger partial charge in [-0.15, -0.1) is 23.2 Å². The van der Waals surface area contributed by atoms with E-state index in [0.717, 1.165) is 11.3 Å². The van der Waals surface area contributed by atoms with E-state index in [-0.39, 0.29) is 19.3 Å². The van der Waals surface area contributed by atoms with Gasteiger partial charge in [0.1, 0.15) is 6.04 Å². The minimum Gasteiger partial charge on any atom is -0.481 e. The van der Waals surface area contributed by atoms with E-state index in [4.69, 9.17) is 49.0 Å². The zero-order valence-electron chi connectivity index (χ0n) is 18.3. The smallest absolute Gasteiger partial charge is 0.481 e. The number of nitrogens with one attached hydrogen (secondary N) is 1. The van der Waals surface area contributed by atoms with Crippen LogP contribution in [0.1, 0.15) is 18.4 Å². The Morgan fingerprint density at radius 1 is 1.00 bits per heavy atom. The second kappa shape index (κ2) is 16.0. The molecule has 0 spiro atoms. The molecule has 1 rings (SSSR count). The Morgan fingerprint density at radius 2 is 1.49 bits per heavy atom. The van der Waals surface area contributed by atoms with Crippen LogP contribution in [0.4, 0.5) is 18.9 Å². The van der Waals surface area contributed by atoms with Crippen LogP contribution in [0.15, 0.2) is 24.3 Å². The highest BCUT2D eigenvalue weighted by Gasteiger charge is 2.38. The number of nitrogens with zero attached hydrogens (tertiary/aromatic N) is 1. The lowest BCUT2D eigenvalue weighted by molar-refractivity contribution is -0.192. The van der Waals surface area contributed by atoms with E-state index in [1.54, 1.807) is 0 Å². The van der Waals surface area contributed by atoms with Gasteiger partial charge in [0.25, 0.3) is 0 Å². The van der Waals surface area contributed by atoms with Gasteiger partial charge in [-0.05, 0) is 30.5 Å². The molecule has 1 aromatic rings. The molecule has 0 aliphatic heterocycles. The number of alkyl halides is 5. The van der Waals surface area contributed by atoms with E-state index in [1.165, 1.54) is 0 Å². The Hall–Kier alpha value is -2.77. The molecule has 0 saturated heterocycles. The molecule has 0 fully saturated rings. The first-order chi connectivity index (χ1) is 16.2. The maximum absolute atomic E-state index is 12.2. The SMILES string of the molecule is NC(Cc1ccc(N(CCCl)CCCl)cc1)C(=O)NC(CCC(=O)O)C(=O)O.O=C(O)C(F)(F)F. The minimum atomic E-state index is -5.08. The third-order valence-electron chi connectivity index (χ3n) is 4.31. The highest BCUT2D eigenvalue weighted by molar-refractivity contribution is 6.18. The van der Waals surface area contributed by atoms with Crippen molar-refractivity contribution in [3.8, 4) is 0 Å². The summed E-state index contributed by atoms with van der Waals surface area (Å²) >= 11 is 11.6. The second-order valence-electron chi connectivity index (χ2n) is 6.98.